The summed E-state index contributed by atoms with van der Waals surface area (Å²) >= 11 is 0. The first-order valence-corrected chi connectivity index (χ1v) is 9.77. The average molecular weight is 325 g/mol. The van der Waals surface area contributed by atoms with Gasteiger partial charge in [-0.3, -0.25) is 4.79 Å². The predicted molar refractivity (Wildman–Crippen MR) is 83.1 cm³/mol. The summed E-state index contributed by atoms with van der Waals surface area (Å²) < 4.78 is 26.4. The third-order valence-corrected chi connectivity index (χ3v) is 6.98. The minimum absolute atomic E-state index is 0.0213. The van der Waals surface area contributed by atoms with Crippen LogP contribution in [-0.4, -0.2) is 40.9 Å². The van der Waals surface area contributed by atoms with E-state index in [1.54, 1.807) is 6.20 Å². The zero-order chi connectivity index (χ0) is 15.6. The van der Waals surface area contributed by atoms with Crippen molar-refractivity contribution in [3.8, 4) is 0 Å². The van der Waals surface area contributed by atoms with Crippen molar-refractivity contribution in [3.63, 3.8) is 0 Å². The number of nitrogens with zero attached hydrogens (tertiary/aromatic N) is 2. The van der Waals surface area contributed by atoms with Crippen LogP contribution < -0.4 is 5.32 Å². The van der Waals surface area contributed by atoms with Gasteiger partial charge in [-0.05, 0) is 19.3 Å². The first-order valence-electron chi connectivity index (χ1n) is 8.05. The fourth-order valence-corrected chi connectivity index (χ4v) is 5.29. The predicted octanol–water partition coefficient (Wildman–Crippen LogP) is 1.06. The maximum Gasteiger partial charge on any atom is 0.221 e. The fourth-order valence-electron chi connectivity index (χ4n) is 3.43. The second kappa shape index (κ2) is 6.40. The molecule has 6 nitrogen and oxygen atoms in total. The van der Waals surface area contributed by atoms with Crippen LogP contribution in [0.4, 0.5) is 0 Å². The average Bonchev–Trinajstić information content (AvgIpc) is 3.16. The van der Waals surface area contributed by atoms with Crippen LogP contribution in [0.3, 0.4) is 0 Å². The Bertz CT molecular complexity index is 632. The summed E-state index contributed by atoms with van der Waals surface area (Å²) in [6.45, 7) is 0.719. The van der Waals surface area contributed by atoms with Crippen LogP contribution in [0.2, 0.25) is 0 Å². The van der Waals surface area contributed by atoms with Gasteiger partial charge >= 0.3 is 0 Å². The number of hydrogen-bond donors (Lipinski definition) is 1. The number of sulfone groups is 1. The molecule has 122 valence electrons. The van der Waals surface area contributed by atoms with Gasteiger partial charge in [-0.25, -0.2) is 13.4 Å². The van der Waals surface area contributed by atoms with Gasteiger partial charge in [-0.15, -0.1) is 0 Å². The van der Waals surface area contributed by atoms with Crippen LogP contribution >= 0.6 is 0 Å². The Balaban J connectivity index is 1.47. The lowest BCUT2D eigenvalue weighted by Gasteiger charge is -2.24. The molecule has 22 heavy (non-hydrogen) atoms. The smallest absolute Gasteiger partial charge is 0.221 e. The number of hydrogen-bond acceptors (Lipinski definition) is 4. The first-order chi connectivity index (χ1) is 10.5. The maximum atomic E-state index is 12.2. The molecule has 3 rings (SSSR count). The topological polar surface area (TPSA) is 81.1 Å². The highest BCUT2D eigenvalue weighted by Gasteiger charge is 2.29. The van der Waals surface area contributed by atoms with Gasteiger partial charge in [0.15, 0.2) is 9.84 Å². The molecule has 0 bridgehead atoms. The summed E-state index contributed by atoms with van der Waals surface area (Å²) in [6, 6.07) is 0.0726. The van der Waals surface area contributed by atoms with Gasteiger partial charge in [0.2, 0.25) is 5.91 Å². The van der Waals surface area contributed by atoms with Gasteiger partial charge < -0.3 is 9.88 Å². The van der Waals surface area contributed by atoms with Gasteiger partial charge in [0, 0.05) is 37.8 Å². The Morgan fingerprint density at radius 1 is 1.32 bits per heavy atom. The van der Waals surface area contributed by atoms with Crippen molar-refractivity contribution >= 4 is 15.7 Å². The monoisotopic (exact) mass is 325 g/mol. The molecule has 2 heterocycles. The molecule has 1 unspecified atom stereocenters. The van der Waals surface area contributed by atoms with Crippen molar-refractivity contribution in [3.05, 3.63) is 18.2 Å². The van der Waals surface area contributed by atoms with Crippen LogP contribution in [-0.2, 0) is 27.6 Å². The number of rotatable bonds is 5. The van der Waals surface area contributed by atoms with Gasteiger partial charge in [-0.2, -0.15) is 0 Å². The Morgan fingerprint density at radius 3 is 2.86 bits per heavy atom. The molecule has 1 aromatic heterocycles. The summed E-state index contributed by atoms with van der Waals surface area (Å²) in [5.41, 5.74) is 0. The number of aromatic nitrogens is 2. The van der Waals surface area contributed by atoms with Crippen molar-refractivity contribution in [1.82, 2.24) is 14.9 Å². The Morgan fingerprint density at radius 2 is 2.09 bits per heavy atom. The van der Waals surface area contributed by atoms with E-state index in [1.165, 1.54) is 0 Å². The third-order valence-electron chi connectivity index (χ3n) is 4.72. The summed E-state index contributed by atoms with van der Waals surface area (Å²) in [7, 11) is -3.11. The van der Waals surface area contributed by atoms with E-state index in [2.05, 4.69) is 10.3 Å². The van der Waals surface area contributed by atoms with E-state index >= 15 is 0 Å². The van der Waals surface area contributed by atoms with E-state index in [1.807, 2.05) is 10.8 Å². The largest absolute Gasteiger partial charge is 0.352 e. The lowest BCUT2D eigenvalue weighted by molar-refractivity contribution is -0.121. The van der Waals surface area contributed by atoms with Gasteiger partial charge in [-0.1, -0.05) is 12.8 Å². The van der Waals surface area contributed by atoms with Crippen LogP contribution in [0, 0.1) is 0 Å². The van der Waals surface area contributed by atoms with Crippen molar-refractivity contribution in [2.24, 2.45) is 0 Å². The number of carbonyl (C=O) groups is 1. The molecular weight excluding hydrogens is 302 g/mol. The van der Waals surface area contributed by atoms with Crippen molar-refractivity contribution in [2.75, 3.05) is 5.75 Å². The van der Waals surface area contributed by atoms with E-state index in [0.717, 1.165) is 50.9 Å². The Kier molecular flexibility index (Phi) is 4.52. The standard InChI is InChI=1S/C15H23N3O3S/c19-15(7-10-22(20,21)13-3-1-2-4-13)17-12-5-6-14-16-8-9-18(14)11-12/h8-9,12-13H,1-7,10-11H2,(H,17,19). The second-order valence-electron chi connectivity index (χ2n) is 6.32. The molecule has 0 aromatic carbocycles. The van der Waals surface area contributed by atoms with Crippen molar-refractivity contribution in [2.45, 2.75) is 62.8 Å². The van der Waals surface area contributed by atoms with Crippen LogP contribution in [0.1, 0.15) is 44.3 Å². The molecule has 1 atom stereocenters. The molecule has 2 aliphatic rings. The van der Waals surface area contributed by atoms with Crippen molar-refractivity contribution < 1.29 is 13.2 Å². The van der Waals surface area contributed by atoms with Gasteiger partial charge in [0.05, 0.1) is 11.0 Å². The van der Waals surface area contributed by atoms with Gasteiger partial charge in [0.25, 0.3) is 0 Å². The maximum absolute atomic E-state index is 12.2. The first kappa shape index (κ1) is 15.5. The summed E-state index contributed by atoms with van der Waals surface area (Å²) in [6.07, 6.45) is 8.97. The molecule has 0 spiro atoms. The zero-order valence-corrected chi connectivity index (χ0v) is 13.5. The number of amides is 1. The summed E-state index contributed by atoms with van der Waals surface area (Å²) in [5, 5.41) is 2.74. The quantitative estimate of drug-likeness (QED) is 0.878. The molecule has 1 aliphatic carbocycles. The third kappa shape index (κ3) is 3.51. The number of nitrogens with one attached hydrogen (secondary N) is 1. The summed E-state index contributed by atoms with van der Waals surface area (Å²) in [5.74, 6) is 0.872. The minimum atomic E-state index is -3.11. The molecule has 7 heteroatoms. The van der Waals surface area contributed by atoms with E-state index in [4.69, 9.17) is 0 Å². The highest BCUT2D eigenvalue weighted by atomic mass is 32.2. The Labute approximate surface area is 131 Å². The molecule has 1 fully saturated rings. The number of aryl methyl sites for hydroxylation is 1. The molecule has 1 aromatic rings. The molecule has 1 aliphatic heterocycles. The number of imidazole rings is 1. The number of carbonyl (C=O) groups excluding carboxylic acids is 1. The molecule has 0 radical (unpaired) electrons. The van der Waals surface area contributed by atoms with Crippen molar-refractivity contribution in [1.29, 1.82) is 0 Å². The molecule has 1 saturated carbocycles. The van der Waals surface area contributed by atoms with Crippen LogP contribution in [0.5, 0.6) is 0 Å². The molecule has 1 N–H and O–H groups in total. The fraction of sp³-hybridized carbons (Fsp3) is 0.733. The second-order valence-corrected chi connectivity index (χ2v) is 8.72. The lowest BCUT2D eigenvalue weighted by Crippen LogP contribution is -2.41. The zero-order valence-electron chi connectivity index (χ0n) is 12.7. The SMILES string of the molecule is O=C(CCS(=O)(=O)C1CCCC1)NC1CCc2nccn2C1. The lowest BCUT2D eigenvalue weighted by atomic mass is 10.1. The molecule has 0 saturated heterocycles. The highest BCUT2D eigenvalue weighted by Crippen LogP contribution is 2.25. The summed E-state index contributed by atoms with van der Waals surface area (Å²) in [4.78, 5) is 16.3. The van der Waals surface area contributed by atoms with E-state index in [-0.39, 0.29) is 29.4 Å². The minimum Gasteiger partial charge on any atom is -0.352 e. The molecule has 1 amide bonds. The van der Waals surface area contributed by atoms with Crippen LogP contribution in [0.25, 0.3) is 0 Å². The molecular formula is C15H23N3O3S. The normalized spacial score (nSPS) is 22.5. The van der Waals surface area contributed by atoms with E-state index < -0.39 is 9.84 Å². The van der Waals surface area contributed by atoms with E-state index in [0.29, 0.717) is 0 Å². The van der Waals surface area contributed by atoms with Gasteiger partial charge in [0.1, 0.15) is 5.82 Å². The van der Waals surface area contributed by atoms with Crippen LogP contribution in [0.15, 0.2) is 12.4 Å². The van der Waals surface area contributed by atoms with E-state index in [9.17, 15) is 13.2 Å². The highest BCUT2D eigenvalue weighted by molar-refractivity contribution is 7.92. The number of fused-ring (bicyclic) bond motifs is 1. The Hall–Kier alpha value is -1.37.